The van der Waals surface area contributed by atoms with Crippen molar-refractivity contribution < 1.29 is 8.42 Å². The lowest BCUT2D eigenvalue weighted by atomic mass is 9.81. The van der Waals surface area contributed by atoms with Gasteiger partial charge in [-0.25, -0.2) is 13.1 Å². The summed E-state index contributed by atoms with van der Waals surface area (Å²) in [7, 11) is -1.31. The van der Waals surface area contributed by atoms with Gasteiger partial charge in [0.1, 0.15) is 0 Å². The van der Waals surface area contributed by atoms with Gasteiger partial charge in [0.2, 0.25) is 10.0 Å². The van der Waals surface area contributed by atoms with Crippen LogP contribution in [-0.2, 0) is 10.0 Å². The molecule has 1 saturated carbocycles. The molecule has 0 aromatic rings. The summed E-state index contributed by atoms with van der Waals surface area (Å²) in [6, 6.07) is 0. The standard InChI is InChI=1S/C12H26N2O2S/c1-11-4-3-5-12(10-11)6-7-14-17(15,16)9-8-13-2/h11-14H,3-10H2,1-2H3. The Hall–Kier alpha value is -0.130. The van der Waals surface area contributed by atoms with Crippen molar-refractivity contribution in [1.82, 2.24) is 10.0 Å². The summed E-state index contributed by atoms with van der Waals surface area (Å²) in [6.45, 7) is 3.41. The molecule has 1 aliphatic rings. The van der Waals surface area contributed by atoms with Crippen LogP contribution < -0.4 is 10.0 Å². The van der Waals surface area contributed by atoms with Crippen molar-refractivity contribution in [3.8, 4) is 0 Å². The maximum Gasteiger partial charge on any atom is 0.212 e. The summed E-state index contributed by atoms with van der Waals surface area (Å²) in [5.41, 5.74) is 0. The minimum atomic E-state index is -3.07. The minimum Gasteiger partial charge on any atom is -0.319 e. The van der Waals surface area contributed by atoms with Crippen LogP contribution >= 0.6 is 0 Å². The van der Waals surface area contributed by atoms with Gasteiger partial charge in [0, 0.05) is 13.1 Å². The van der Waals surface area contributed by atoms with Crippen molar-refractivity contribution in [3.63, 3.8) is 0 Å². The van der Waals surface area contributed by atoms with Gasteiger partial charge in [-0.3, -0.25) is 0 Å². The van der Waals surface area contributed by atoms with Crippen molar-refractivity contribution in [2.75, 3.05) is 25.9 Å². The van der Waals surface area contributed by atoms with E-state index < -0.39 is 10.0 Å². The first kappa shape index (κ1) is 14.9. The molecule has 0 aromatic carbocycles. The third-order valence-electron chi connectivity index (χ3n) is 3.54. The van der Waals surface area contributed by atoms with Gasteiger partial charge in [-0.05, 0) is 31.7 Å². The monoisotopic (exact) mass is 262 g/mol. The molecule has 4 nitrogen and oxygen atoms in total. The van der Waals surface area contributed by atoms with Crippen LogP contribution in [0.25, 0.3) is 0 Å². The van der Waals surface area contributed by atoms with Crippen molar-refractivity contribution in [2.24, 2.45) is 11.8 Å². The third-order valence-corrected chi connectivity index (χ3v) is 4.93. The second kappa shape index (κ2) is 7.34. The molecular weight excluding hydrogens is 236 g/mol. The largest absolute Gasteiger partial charge is 0.319 e. The Bertz CT molecular complexity index is 304. The molecular formula is C12H26N2O2S. The van der Waals surface area contributed by atoms with E-state index in [0.29, 0.717) is 19.0 Å². The molecule has 17 heavy (non-hydrogen) atoms. The lowest BCUT2D eigenvalue weighted by Gasteiger charge is -2.26. The Kier molecular flexibility index (Phi) is 6.44. The van der Waals surface area contributed by atoms with E-state index >= 15 is 0 Å². The molecule has 0 aliphatic heterocycles. The average molecular weight is 262 g/mol. The summed E-state index contributed by atoms with van der Waals surface area (Å²) in [5, 5.41) is 2.85. The van der Waals surface area contributed by atoms with Crippen LogP contribution in [0, 0.1) is 11.8 Å². The molecule has 1 aliphatic carbocycles. The van der Waals surface area contributed by atoms with Gasteiger partial charge in [-0.1, -0.05) is 26.2 Å². The van der Waals surface area contributed by atoms with Gasteiger partial charge in [0.25, 0.3) is 0 Å². The lowest BCUT2D eigenvalue weighted by molar-refractivity contribution is 0.271. The summed E-state index contributed by atoms with van der Waals surface area (Å²) in [4.78, 5) is 0. The van der Waals surface area contributed by atoms with Crippen molar-refractivity contribution >= 4 is 10.0 Å². The summed E-state index contributed by atoms with van der Waals surface area (Å²) in [6.07, 6.45) is 6.16. The van der Waals surface area contributed by atoms with Crippen LogP contribution in [0.2, 0.25) is 0 Å². The first-order valence-electron chi connectivity index (χ1n) is 6.65. The Labute approximate surface area is 106 Å². The van der Waals surface area contributed by atoms with Crippen LogP contribution in [0.4, 0.5) is 0 Å². The maximum absolute atomic E-state index is 11.5. The molecule has 0 radical (unpaired) electrons. The van der Waals surface area contributed by atoms with Crippen LogP contribution in [0.5, 0.6) is 0 Å². The van der Waals surface area contributed by atoms with Gasteiger partial charge in [-0.15, -0.1) is 0 Å². The van der Waals surface area contributed by atoms with Crippen LogP contribution in [0.15, 0.2) is 0 Å². The quantitative estimate of drug-likeness (QED) is 0.728. The fourth-order valence-electron chi connectivity index (χ4n) is 2.55. The molecule has 2 atom stereocenters. The first-order chi connectivity index (χ1) is 8.03. The molecule has 1 fully saturated rings. The van der Waals surface area contributed by atoms with E-state index in [2.05, 4.69) is 17.0 Å². The predicted molar refractivity (Wildman–Crippen MR) is 71.5 cm³/mol. The normalized spacial score (nSPS) is 26.0. The number of hydrogen-bond donors (Lipinski definition) is 2. The number of hydrogen-bond acceptors (Lipinski definition) is 3. The zero-order valence-corrected chi connectivity index (χ0v) is 11.9. The second-order valence-corrected chi connectivity index (χ2v) is 7.17. The number of sulfonamides is 1. The van der Waals surface area contributed by atoms with Crippen molar-refractivity contribution in [1.29, 1.82) is 0 Å². The smallest absolute Gasteiger partial charge is 0.212 e. The van der Waals surface area contributed by atoms with Gasteiger partial charge < -0.3 is 5.32 Å². The maximum atomic E-state index is 11.5. The molecule has 0 heterocycles. The van der Waals surface area contributed by atoms with E-state index in [0.717, 1.165) is 12.3 Å². The third kappa shape index (κ3) is 6.38. The summed E-state index contributed by atoms with van der Waals surface area (Å²) >= 11 is 0. The Morgan fingerprint density at radius 2 is 2.00 bits per heavy atom. The Morgan fingerprint density at radius 3 is 2.65 bits per heavy atom. The molecule has 0 saturated heterocycles. The van der Waals surface area contributed by atoms with Gasteiger partial charge in [0.05, 0.1) is 5.75 Å². The molecule has 1 rings (SSSR count). The highest BCUT2D eigenvalue weighted by atomic mass is 32.2. The molecule has 0 bridgehead atoms. The van der Waals surface area contributed by atoms with Gasteiger partial charge >= 0.3 is 0 Å². The fourth-order valence-corrected chi connectivity index (χ4v) is 3.60. The number of rotatable bonds is 7. The van der Waals surface area contributed by atoms with Crippen LogP contribution in [0.3, 0.4) is 0 Å². The van der Waals surface area contributed by atoms with Crippen molar-refractivity contribution in [3.05, 3.63) is 0 Å². The van der Waals surface area contributed by atoms with Gasteiger partial charge in [0.15, 0.2) is 0 Å². The Morgan fingerprint density at radius 1 is 1.24 bits per heavy atom. The molecule has 5 heteroatoms. The van der Waals surface area contributed by atoms with Crippen molar-refractivity contribution in [2.45, 2.75) is 39.0 Å². The minimum absolute atomic E-state index is 0.171. The fraction of sp³-hybridized carbons (Fsp3) is 1.00. The highest BCUT2D eigenvalue weighted by molar-refractivity contribution is 7.89. The molecule has 2 N–H and O–H groups in total. The molecule has 2 unspecified atom stereocenters. The molecule has 0 aromatic heterocycles. The molecule has 0 spiro atoms. The van der Waals surface area contributed by atoms with E-state index in [-0.39, 0.29) is 5.75 Å². The summed E-state index contributed by atoms with van der Waals surface area (Å²) < 4.78 is 25.8. The second-order valence-electron chi connectivity index (χ2n) is 5.24. The molecule has 0 amide bonds. The van der Waals surface area contributed by atoms with E-state index in [1.165, 1.54) is 25.7 Å². The highest BCUT2D eigenvalue weighted by Gasteiger charge is 2.19. The average Bonchev–Trinajstić information content (AvgIpc) is 2.26. The first-order valence-corrected chi connectivity index (χ1v) is 8.30. The summed E-state index contributed by atoms with van der Waals surface area (Å²) in [5.74, 6) is 1.70. The molecule has 102 valence electrons. The van der Waals surface area contributed by atoms with Gasteiger partial charge in [-0.2, -0.15) is 0 Å². The zero-order chi connectivity index (χ0) is 12.7. The van der Waals surface area contributed by atoms with Crippen LogP contribution in [0.1, 0.15) is 39.0 Å². The van der Waals surface area contributed by atoms with E-state index in [1.807, 2.05) is 0 Å². The number of nitrogens with one attached hydrogen (secondary N) is 2. The Balaban J connectivity index is 2.18. The highest BCUT2D eigenvalue weighted by Crippen LogP contribution is 2.30. The van der Waals surface area contributed by atoms with E-state index in [4.69, 9.17) is 0 Å². The zero-order valence-electron chi connectivity index (χ0n) is 11.0. The van der Waals surface area contributed by atoms with E-state index in [9.17, 15) is 8.42 Å². The van der Waals surface area contributed by atoms with E-state index in [1.54, 1.807) is 7.05 Å². The SMILES string of the molecule is CNCCS(=O)(=O)NCCC1CCCC(C)C1. The van der Waals surface area contributed by atoms with Crippen LogP contribution in [-0.4, -0.2) is 34.3 Å². The topological polar surface area (TPSA) is 58.2 Å². The predicted octanol–water partition coefficient (Wildman–Crippen LogP) is 1.34. The lowest BCUT2D eigenvalue weighted by Crippen LogP contribution is -2.32.